The van der Waals surface area contributed by atoms with Crippen molar-refractivity contribution in [3.63, 3.8) is 0 Å². The van der Waals surface area contributed by atoms with Crippen molar-refractivity contribution in [2.24, 2.45) is 0 Å². The number of rotatable bonds is 6. The number of benzene rings is 3. The molecule has 0 N–H and O–H groups in total. The molecule has 1 aromatic heterocycles. The quantitative estimate of drug-likeness (QED) is 0.320. The Hall–Kier alpha value is -3.52. The van der Waals surface area contributed by atoms with Gasteiger partial charge in [-0.05, 0) is 46.8 Å². The molecule has 176 valence electrons. The summed E-state index contributed by atoms with van der Waals surface area (Å²) in [7, 11) is -0.588. The van der Waals surface area contributed by atoms with Crippen LogP contribution in [0.5, 0.6) is 0 Å². The Labute approximate surface area is 209 Å². The van der Waals surface area contributed by atoms with Gasteiger partial charge in [-0.2, -0.15) is 4.31 Å². The molecule has 0 aliphatic carbocycles. The van der Waals surface area contributed by atoms with Gasteiger partial charge in [-0.15, -0.1) is 11.3 Å². The number of fused-ring (bicyclic) bond motifs is 1. The van der Waals surface area contributed by atoms with E-state index in [2.05, 4.69) is 0 Å². The Morgan fingerprint density at radius 3 is 2.09 bits per heavy atom. The van der Waals surface area contributed by atoms with Gasteiger partial charge in [-0.25, -0.2) is 8.42 Å². The smallest absolute Gasteiger partial charge is 0.258 e. The van der Waals surface area contributed by atoms with Crippen LogP contribution in [-0.4, -0.2) is 32.7 Å². The van der Waals surface area contributed by atoms with Crippen LogP contribution in [0.4, 0.5) is 5.69 Å². The summed E-state index contributed by atoms with van der Waals surface area (Å²) < 4.78 is 29.2. The highest BCUT2D eigenvalue weighted by Gasteiger charge is 2.34. The average molecular weight is 501 g/mol. The summed E-state index contributed by atoms with van der Waals surface area (Å²) in [6, 6.07) is 27.4. The molecule has 5 nitrogen and oxygen atoms in total. The lowest BCUT2D eigenvalue weighted by atomic mass is 9.99. The molecule has 2 heterocycles. The fraction of sp³-hybridized carbons (Fsp3) is 0.107. The number of thiophene rings is 1. The number of carbonyl (C=O) groups is 1. The lowest BCUT2D eigenvalue weighted by molar-refractivity contribution is -0.112. The van der Waals surface area contributed by atoms with Gasteiger partial charge in [-0.1, -0.05) is 66.7 Å². The number of likely N-dealkylation sites (N-methyl/N-ethyl adjacent to an activating group) is 1. The second-order valence-electron chi connectivity index (χ2n) is 8.36. The highest BCUT2D eigenvalue weighted by Crippen LogP contribution is 2.40. The SMILES string of the molecule is CN1C(=O)/C(=C/c2cccs2)c2cc(S(=O)(=O)N(C)C(c3ccccc3)c3ccccc3)ccc21. The Balaban J connectivity index is 1.60. The molecule has 5 rings (SSSR count). The minimum Gasteiger partial charge on any atom is -0.311 e. The Morgan fingerprint density at radius 1 is 0.886 bits per heavy atom. The number of nitrogens with zero attached hydrogens (tertiary/aromatic N) is 2. The van der Waals surface area contributed by atoms with Gasteiger partial charge in [-0.3, -0.25) is 4.79 Å². The monoisotopic (exact) mass is 500 g/mol. The fourth-order valence-electron chi connectivity index (χ4n) is 4.43. The Morgan fingerprint density at radius 2 is 1.51 bits per heavy atom. The maximum Gasteiger partial charge on any atom is 0.258 e. The van der Waals surface area contributed by atoms with E-state index in [1.54, 1.807) is 37.2 Å². The van der Waals surface area contributed by atoms with Crippen molar-refractivity contribution in [2.75, 3.05) is 19.0 Å². The first-order chi connectivity index (χ1) is 16.9. The fourth-order valence-corrected chi connectivity index (χ4v) is 6.45. The van der Waals surface area contributed by atoms with Gasteiger partial charge in [0.1, 0.15) is 0 Å². The first-order valence-electron chi connectivity index (χ1n) is 11.1. The van der Waals surface area contributed by atoms with Crippen LogP contribution in [0.25, 0.3) is 11.6 Å². The Bertz CT molecular complexity index is 1460. The topological polar surface area (TPSA) is 57.7 Å². The molecule has 7 heteroatoms. The standard InChI is InChI=1S/C28H24N2O3S2/c1-29-26-16-15-23(19-24(26)25(28(29)31)18-22-14-9-17-34-22)35(32,33)30(2)27(20-10-5-3-6-11-20)21-12-7-4-8-13-21/h3-19,27H,1-2H3/b25-18+. The van der Waals surface area contributed by atoms with Crippen molar-refractivity contribution in [1.82, 2.24) is 4.31 Å². The molecule has 0 bridgehead atoms. The number of anilines is 1. The van der Waals surface area contributed by atoms with Gasteiger partial charge in [0.2, 0.25) is 10.0 Å². The predicted molar refractivity (Wildman–Crippen MR) is 142 cm³/mol. The van der Waals surface area contributed by atoms with Crippen molar-refractivity contribution in [3.05, 3.63) is 118 Å². The van der Waals surface area contributed by atoms with Gasteiger partial charge in [0.25, 0.3) is 5.91 Å². The summed E-state index contributed by atoms with van der Waals surface area (Å²) in [6.45, 7) is 0. The van der Waals surface area contributed by atoms with Crippen molar-refractivity contribution >= 4 is 44.6 Å². The molecule has 0 radical (unpaired) electrons. The molecule has 0 saturated heterocycles. The van der Waals surface area contributed by atoms with E-state index in [0.717, 1.165) is 16.0 Å². The van der Waals surface area contributed by atoms with Crippen molar-refractivity contribution in [3.8, 4) is 0 Å². The van der Waals surface area contributed by atoms with Crippen LogP contribution >= 0.6 is 11.3 Å². The third-order valence-electron chi connectivity index (χ3n) is 6.26. The Kier molecular flexibility index (Phi) is 6.15. The summed E-state index contributed by atoms with van der Waals surface area (Å²) in [6.07, 6.45) is 1.83. The van der Waals surface area contributed by atoms with E-state index in [1.165, 1.54) is 15.6 Å². The lowest BCUT2D eigenvalue weighted by Gasteiger charge is -2.28. The van der Waals surface area contributed by atoms with Crippen LogP contribution in [0.15, 0.2) is 101 Å². The average Bonchev–Trinajstić information content (AvgIpc) is 3.48. The first kappa shape index (κ1) is 23.2. The van der Waals surface area contributed by atoms with Crippen LogP contribution < -0.4 is 4.90 Å². The van der Waals surface area contributed by atoms with Crippen LogP contribution in [0, 0.1) is 0 Å². The van der Waals surface area contributed by atoms with Gasteiger partial charge in [0.15, 0.2) is 0 Å². The maximum absolute atomic E-state index is 13.9. The number of hydrogen-bond donors (Lipinski definition) is 0. The molecule has 0 spiro atoms. The minimum absolute atomic E-state index is 0.149. The van der Waals surface area contributed by atoms with Gasteiger partial charge < -0.3 is 4.90 Å². The molecule has 1 aliphatic rings. The predicted octanol–water partition coefficient (Wildman–Crippen LogP) is 5.68. The molecule has 35 heavy (non-hydrogen) atoms. The molecular formula is C28H24N2O3S2. The van der Waals surface area contributed by atoms with Gasteiger partial charge >= 0.3 is 0 Å². The summed E-state index contributed by atoms with van der Waals surface area (Å²) >= 11 is 1.53. The summed E-state index contributed by atoms with van der Waals surface area (Å²) in [5, 5.41) is 1.94. The number of carbonyl (C=O) groups excluding carboxylic acids is 1. The van der Waals surface area contributed by atoms with Crippen LogP contribution in [0.3, 0.4) is 0 Å². The normalized spacial score (nSPS) is 14.8. The maximum atomic E-state index is 13.9. The summed E-state index contributed by atoms with van der Waals surface area (Å²) in [5.41, 5.74) is 3.56. The third kappa shape index (κ3) is 4.23. The van der Waals surface area contributed by atoms with Crippen molar-refractivity contribution in [1.29, 1.82) is 0 Å². The molecule has 0 atom stereocenters. The molecule has 1 aliphatic heterocycles. The number of hydrogen-bond acceptors (Lipinski definition) is 4. The molecular weight excluding hydrogens is 476 g/mol. The molecule has 3 aromatic carbocycles. The second-order valence-corrected chi connectivity index (χ2v) is 11.3. The highest BCUT2D eigenvalue weighted by molar-refractivity contribution is 7.89. The molecule has 1 amide bonds. The third-order valence-corrected chi connectivity index (χ3v) is 8.89. The van der Waals surface area contributed by atoms with E-state index < -0.39 is 16.1 Å². The van der Waals surface area contributed by atoms with Crippen LogP contribution in [0.2, 0.25) is 0 Å². The number of sulfonamides is 1. The van der Waals surface area contributed by atoms with E-state index in [-0.39, 0.29) is 10.8 Å². The van der Waals surface area contributed by atoms with Gasteiger partial charge in [0.05, 0.1) is 22.2 Å². The summed E-state index contributed by atoms with van der Waals surface area (Å²) in [5.74, 6) is -0.150. The first-order valence-corrected chi connectivity index (χ1v) is 13.5. The van der Waals surface area contributed by atoms with Crippen LogP contribution in [0.1, 0.15) is 27.6 Å². The zero-order valence-corrected chi connectivity index (χ0v) is 21.0. The number of amides is 1. The van der Waals surface area contributed by atoms with Crippen molar-refractivity contribution < 1.29 is 13.2 Å². The largest absolute Gasteiger partial charge is 0.311 e. The van der Waals surface area contributed by atoms with Gasteiger partial charge in [0, 0.05) is 24.5 Å². The van der Waals surface area contributed by atoms with E-state index in [9.17, 15) is 13.2 Å². The lowest BCUT2D eigenvalue weighted by Crippen LogP contribution is -2.32. The van der Waals surface area contributed by atoms with Crippen molar-refractivity contribution in [2.45, 2.75) is 10.9 Å². The molecule has 4 aromatic rings. The highest BCUT2D eigenvalue weighted by atomic mass is 32.2. The molecule has 0 fully saturated rings. The second kappa shape index (κ2) is 9.26. The summed E-state index contributed by atoms with van der Waals surface area (Å²) in [4.78, 5) is 15.6. The van der Waals surface area contributed by atoms with E-state index in [0.29, 0.717) is 16.8 Å². The van der Waals surface area contributed by atoms with E-state index in [4.69, 9.17) is 0 Å². The van der Waals surface area contributed by atoms with E-state index >= 15 is 0 Å². The van der Waals surface area contributed by atoms with Crippen LogP contribution in [-0.2, 0) is 14.8 Å². The molecule has 0 unspecified atom stereocenters. The minimum atomic E-state index is -3.90. The zero-order valence-electron chi connectivity index (χ0n) is 19.3. The zero-order chi connectivity index (χ0) is 24.6. The van der Waals surface area contributed by atoms with E-state index in [1.807, 2.05) is 84.3 Å². The molecule has 0 saturated carbocycles.